The average Bonchev–Trinajstić information content (AvgIpc) is 2.41. The first-order valence-corrected chi connectivity index (χ1v) is 5.61. The Morgan fingerprint density at radius 2 is 1.60 bits per heavy atom. The quantitative estimate of drug-likeness (QED) is 0.244. The number of aliphatic hydroxyl groups excluding tert-OH is 5. The van der Waals surface area contributed by atoms with E-state index in [2.05, 4.69) is 0 Å². The lowest BCUT2D eigenvalue weighted by atomic mass is 10.0. The first kappa shape index (κ1) is 18.4. The van der Waals surface area contributed by atoms with Crippen molar-refractivity contribution in [2.45, 2.75) is 31.3 Å². The van der Waals surface area contributed by atoms with Crippen molar-refractivity contribution >= 4 is 17.7 Å². The summed E-state index contributed by atoms with van der Waals surface area (Å²) in [4.78, 5) is 33.4. The molecule has 0 rings (SSSR count). The Morgan fingerprint density at radius 3 is 2.00 bits per heavy atom. The summed E-state index contributed by atoms with van der Waals surface area (Å²) in [5.74, 6) is -3.00. The lowest BCUT2D eigenvalue weighted by Gasteiger charge is -2.28. The molecule has 4 atom stereocenters. The van der Waals surface area contributed by atoms with Crippen LogP contribution in [0, 0.1) is 0 Å². The summed E-state index contributed by atoms with van der Waals surface area (Å²) in [5, 5.41) is 49.2. The molecule has 0 unspecified atom stereocenters. The maximum atomic E-state index is 11.6. The molecule has 0 aliphatic rings. The number of hydrogen-bond donors (Lipinski definition) is 7. The van der Waals surface area contributed by atoms with Gasteiger partial charge in [0.05, 0.1) is 6.61 Å². The lowest BCUT2D eigenvalue weighted by Crippen LogP contribution is -2.59. The fourth-order valence-electron chi connectivity index (χ4n) is 1.31. The molecule has 0 aromatic rings. The van der Waals surface area contributed by atoms with Gasteiger partial charge in [-0.05, 0) is 0 Å². The van der Waals surface area contributed by atoms with E-state index < -0.39 is 55.3 Å². The molecule has 116 valence electrons. The summed E-state index contributed by atoms with van der Waals surface area (Å²) in [7, 11) is 0. The van der Waals surface area contributed by atoms with E-state index in [9.17, 15) is 29.7 Å². The van der Waals surface area contributed by atoms with Gasteiger partial charge in [0, 0.05) is 6.92 Å². The molecule has 3 amide bonds. The van der Waals surface area contributed by atoms with Gasteiger partial charge >= 0.3 is 0 Å². The van der Waals surface area contributed by atoms with E-state index in [0.29, 0.717) is 0 Å². The number of amides is 3. The SMILES string of the molecule is CC(=O)N[C@@H](C(=O)NC(=O)CO)[C@@H](O)[C@H](O)[C@H](O)CO. The second-order valence-corrected chi connectivity index (χ2v) is 3.98. The van der Waals surface area contributed by atoms with E-state index in [1.165, 1.54) is 0 Å². The Balaban J connectivity index is 4.99. The van der Waals surface area contributed by atoms with E-state index in [1.54, 1.807) is 5.32 Å². The van der Waals surface area contributed by atoms with Gasteiger partial charge in [0.25, 0.3) is 11.8 Å². The van der Waals surface area contributed by atoms with Crippen LogP contribution in [0.25, 0.3) is 0 Å². The summed E-state index contributed by atoms with van der Waals surface area (Å²) >= 11 is 0. The highest BCUT2D eigenvalue weighted by Gasteiger charge is 2.36. The molecule has 0 fully saturated rings. The summed E-state index contributed by atoms with van der Waals surface area (Å²) in [6, 6.07) is -1.75. The van der Waals surface area contributed by atoms with Crippen molar-refractivity contribution in [3.05, 3.63) is 0 Å². The average molecular weight is 294 g/mol. The second-order valence-electron chi connectivity index (χ2n) is 3.98. The van der Waals surface area contributed by atoms with Gasteiger partial charge in [0.1, 0.15) is 31.0 Å². The number of rotatable bonds is 7. The van der Waals surface area contributed by atoms with E-state index in [-0.39, 0.29) is 0 Å². The minimum Gasteiger partial charge on any atom is -0.394 e. The Kier molecular flexibility index (Phi) is 7.87. The Morgan fingerprint density at radius 1 is 1.05 bits per heavy atom. The largest absolute Gasteiger partial charge is 0.394 e. The second kappa shape index (κ2) is 8.55. The monoisotopic (exact) mass is 294 g/mol. The summed E-state index contributed by atoms with van der Waals surface area (Å²) in [5.41, 5.74) is 0. The molecule has 0 bridgehead atoms. The molecule has 0 aliphatic carbocycles. The minimum absolute atomic E-state index is 0.744. The highest BCUT2D eigenvalue weighted by atomic mass is 16.4. The van der Waals surface area contributed by atoms with Crippen LogP contribution < -0.4 is 10.6 Å². The van der Waals surface area contributed by atoms with Crippen LogP contribution in [0.1, 0.15) is 6.92 Å². The van der Waals surface area contributed by atoms with E-state index >= 15 is 0 Å². The molecule has 10 heteroatoms. The van der Waals surface area contributed by atoms with Gasteiger partial charge in [-0.25, -0.2) is 0 Å². The van der Waals surface area contributed by atoms with Gasteiger partial charge in [-0.3, -0.25) is 19.7 Å². The zero-order valence-corrected chi connectivity index (χ0v) is 10.7. The number of imide groups is 1. The molecule has 0 spiro atoms. The highest BCUT2D eigenvalue weighted by molar-refractivity contribution is 5.99. The molecular formula is C10H18N2O8. The smallest absolute Gasteiger partial charge is 0.252 e. The summed E-state index contributed by atoms with van der Waals surface area (Å²) < 4.78 is 0. The predicted molar refractivity (Wildman–Crippen MR) is 62.9 cm³/mol. The van der Waals surface area contributed by atoms with Crippen molar-refractivity contribution in [2.75, 3.05) is 13.2 Å². The number of aliphatic hydroxyl groups is 5. The first-order valence-electron chi connectivity index (χ1n) is 5.61. The molecule has 20 heavy (non-hydrogen) atoms. The minimum atomic E-state index is -1.98. The standard InChI is InChI=1S/C10H18N2O8/c1-4(15)11-7(10(20)12-6(17)3-14)9(19)8(18)5(16)2-13/h5,7-9,13-14,16,18-19H,2-3H2,1H3,(H,11,15)(H,12,17,20)/t5-,7-,8-,9-/m1/s1. The first-order chi connectivity index (χ1) is 9.24. The van der Waals surface area contributed by atoms with Crippen molar-refractivity contribution in [1.29, 1.82) is 0 Å². The van der Waals surface area contributed by atoms with Crippen LogP contribution in [0.4, 0.5) is 0 Å². The number of carbonyl (C=O) groups excluding carboxylic acids is 3. The summed E-state index contributed by atoms with van der Waals surface area (Å²) in [6.45, 7) is -0.853. The van der Waals surface area contributed by atoms with Crippen LogP contribution in [0.5, 0.6) is 0 Å². The van der Waals surface area contributed by atoms with Crippen molar-refractivity contribution in [3.63, 3.8) is 0 Å². The molecule has 0 aromatic heterocycles. The molecule has 0 saturated carbocycles. The van der Waals surface area contributed by atoms with Crippen molar-refractivity contribution in [1.82, 2.24) is 10.6 Å². The zero-order valence-electron chi connectivity index (χ0n) is 10.7. The topological polar surface area (TPSA) is 176 Å². The molecule has 0 radical (unpaired) electrons. The molecule has 0 saturated heterocycles. The van der Waals surface area contributed by atoms with Crippen LogP contribution in [-0.4, -0.2) is 80.8 Å². The van der Waals surface area contributed by atoms with Crippen LogP contribution >= 0.6 is 0 Å². The highest BCUT2D eigenvalue weighted by Crippen LogP contribution is 2.06. The Bertz CT molecular complexity index is 361. The predicted octanol–water partition coefficient (Wildman–Crippen LogP) is -4.80. The van der Waals surface area contributed by atoms with Crippen molar-refractivity contribution in [3.8, 4) is 0 Å². The normalized spacial score (nSPS) is 16.7. The van der Waals surface area contributed by atoms with E-state index in [0.717, 1.165) is 6.92 Å². The van der Waals surface area contributed by atoms with Gasteiger partial charge in [0.2, 0.25) is 5.91 Å². The molecule has 0 aromatic carbocycles. The van der Waals surface area contributed by atoms with Crippen molar-refractivity contribution in [2.24, 2.45) is 0 Å². The number of hydrogen-bond acceptors (Lipinski definition) is 8. The van der Waals surface area contributed by atoms with Gasteiger partial charge in [-0.15, -0.1) is 0 Å². The van der Waals surface area contributed by atoms with Gasteiger partial charge in [-0.2, -0.15) is 0 Å². The zero-order chi connectivity index (χ0) is 15.9. The third-order valence-corrected chi connectivity index (χ3v) is 2.32. The van der Waals surface area contributed by atoms with E-state index in [1.807, 2.05) is 5.32 Å². The third-order valence-electron chi connectivity index (χ3n) is 2.32. The van der Waals surface area contributed by atoms with E-state index in [4.69, 9.17) is 10.2 Å². The van der Waals surface area contributed by atoms with Gasteiger partial charge < -0.3 is 30.8 Å². The van der Waals surface area contributed by atoms with Crippen LogP contribution in [0.15, 0.2) is 0 Å². The summed E-state index contributed by atoms with van der Waals surface area (Å²) in [6.07, 6.45) is -5.66. The van der Waals surface area contributed by atoms with Crippen LogP contribution in [-0.2, 0) is 14.4 Å². The van der Waals surface area contributed by atoms with Crippen LogP contribution in [0.2, 0.25) is 0 Å². The fourth-order valence-corrected chi connectivity index (χ4v) is 1.31. The maximum absolute atomic E-state index is 11.6. The fraction of sp³-hybridized carbons (Fsp3) is 0.700. The van der Waals surface area contributed by atoms with Crippen molar-refractivity contribution < 1.29 is 39.9 Å². The molecular weight excluding hydrogens is 276 g/mol. The molecule has 7 N–H and O–H groups in total. The number of carbonyl (C=O) groups is 3. The lowest BCUT2D eigenvalue weighted by molar-refractivity contribution is -0.142. The van der Waals surface area contributed by atoms with Gasteiger partial charge in [0.15, 0.2) is 0 Å². The Hall–Kier alpha value is -1.59. The Labute approximate surface area is 114 Å². The third kappa shape index (κ3) is 5.59. The molecule has 10 nitrogen and oxygen atoms in total. The molecule has 0 aliphatic heterocycles. The maximum Gasteiger partial charge on any atom is 0.252 e. The van der Waals surface area contributed by atoms with Crippen LogP contribution in [0.3, 0.4) is 0 Å². The molecule has 0 heterocycles. The number of nitrogens with one attached hydrogen (secondary N) is 2. The van der Waals surface area contributed by atoms with Gasteiger partial charge in [-0.1, -0.05) is 0 Å².